The normalized spacial score (nSPS) is 10.4. The number of rotatable bonds is 3. The van der Waals surface area contributed by atoms with Crippen LogP contribution in [0.4, 0.5) is 11.5 Å². The summed E-state index contributed by atoms with van der Waals surface area (Å²) in [5.74, 6) is 0.606. The van der Waals surface area contributed by atoms with Crippen molar-refractivity contribution in [1.29, 1.82) is 0 Å². The lowest BCUT2D eigenvalue weighted by atomic mass is 10.1. The lowest BCUT2D eigenvalue weighted by Crippen LogP contribution is -2.16. The van der Waals surface area contributed by atoms with Crippen molar-refractivity contribution in [3.8, 4) is 0 Å². The number of hydrogen-bond donors (Lipinski definition) is 2. The van der Waals surface area contributed by atoms with Gasteiger partial charge in [0.15, 0.2) is 0 Å². The highest BCUT2D eigenvalue weighted by atomic mass is 15.2. The summed E-state index contributed by atoms with van der Waals surface area (Å²) in [6.07, 6.45) is 1.74. The average molecular weight is 216 g/mol. The van der Waals surface area contributed by atoms with Crippen LogP contribution in [0.5, 0.6) is 0 Å². The average Bonchev–Trinajstić information content (AvgIpc) is 2.68. The van der Waals surface area contributed by atoms with Gasteiger partial charge in [0.05, 0.1) is 11.9 Å². The molecular weight excluding hydrogens is 200 g/mol. The summed E-state index contributed by atoms with van der Waals surface area (Å²) in [5.41, 5.74) is 9.22. The van der Waals surface area contributed by atoms with Crippen LogP contribution in [-0.2, 0) is 6.54 Å². The first-order valence-electron chi connectivity index (χ1n) is 5.22. The summed E-state index contributed by atoms with van der Waals surface area (Å²) < 4.78 is 0. The summed E-state index contributed by atoms with van der Waals surface area (Å²) in [6, 6.07) is 8.48. The predicted molar refractivity (Wildman–Crippen MR) is 66.3 cm³/mol. The van der Waals surface area contributed by atoms with Gasteiger partial charge in [-0.15, -0.1) is 0 Å². The van der Waals surface area contributed by atoms with Crippen molar-refractivity contribution >= 4 is 11.5 Å². The zero-order valence-electron chi connectivity index (χ0n) is 9.57. The Morgan fingerprint density at radius 1 is 1.31 bits per heavy atom. The second-order valence-corrected chi connectivity index (χ2v) is 4.01. The van der Waals surface area contributed by atoms with Gasteiger partial charge in [-0.3, -0.25) is 5.10 Å². The molecule has 0 unspecified atom stereocenters. The summed E-state index contributed by atoms with van der Waals surface area (Å²) in [4.78, 5) is 2.07. The molecule has 0 saturated carbocycles. The van der Waals surface area contributed by atoms with E-state index < -0.39 is 0 Å². The molecule has 2 aromatic rings. The number of aromatic nitrogens is 2. The summed E-state index contributed by atoms with van der Waals surface area (Å²) >= 11 is 0. The number of nitrogen functional groups attached to an aromatic ring is 1. The molecule has 0 amide bonds. The first-order valence-corrected chi connectivity index (χ1v) is 5.22. The summed E-state index contributed by atoms with van der Waals surface area (Å²) in [7, 11) is 2.00. The van der Waals surface area contributed by atoms with Crippen molar-refractivity contribution in [2.24, 2.45) is 0 Å². The molecule has 84 valence electrons. The number of anilines is 2. The second kappa shape index (κ2) is 4.26. The number of H-pyrrole nitrogens is 1. The maximum Gasteiger partial charge on any atom is 0.142 e. The van der Waals surface area contributed by atoms with Gasteiger partial charge in [-0.05, 0) is 12.5 Å². The molecule has 16 heavy (non-hydrogen) atoms. The second-order valence-electron chi connectivity index (χ2n) is 4.01. The number of nitrogens with two attached hydrogens (primary N) is 1. The number of nitrogens with one attached hydrogen (secondary N) is 1. The minimum atomic E-state index is 0.606. The zero-order valence-corrected chi connectivity index (χ0v) is 9.57. The third kappa shape index (κ3) is 2.16. The molecule has 0 aliphatic carbocycles. The van der Waals surface area contributed by atoms with E-state index in [1.165, 1.54) is 11.1 Å². The molecule has 2 rings (SSSR count). The molecule has 1 heterocycles. The minimum Gasteiger partial charge on any atom is -0.382 e. The van der Waals surface area contributed by atoms with Crippen molar-refractivity contribution in [1.82, 2.24) is 10.2 Å². The van der Waals surface area contributed by atoms with Gasteiger partial charge in [0, 0.05) is 13.6 Å². The number of aryl methyl sites for hydroxylation is 1. The molecule has 0 spiro atoms. The monoisotopic (exact) mass is 216 g/mol. The Kier molecular flexibility index (Phi) is 2.81. The smallest absolute Gasteiger partial charge is 0.142 e. The SMILES string of the molecule is Cc1ccc(CN(C)c2cn[nH]c2N)cc1. The van der Waals surface area contributed by atoms with Crippen LogP contribution in [0.3, 0.4) is 0 Å². The van der Waals surface area contributed by atoms with E-state index in [4.69, 9.17) is 5.73 Å². The molecule has 3 N–H and O–H groups in total. The van der Waals surface area contributed by atoms with E-state index >= 15 is 0 Å². The summed E-state index contributed by atoms with van der Waals surface area (Å²) in [5, 5.41) is 6.64. The molecule has 4 nitrogen and oxygen atoms in total. The van der Waals surface area contributed by atoms with E-state index in [1.54, 1.807) is 6.20 Å². The molecule has 0 aliphatic rings. The Hall–Kier alpha value is -1.97. The third-order valence-corrected chi connectivity index (χ3v) is 2.60. The Bertz CT molecular complexity index is 458. The number of hydrogen-bond acceptors (Lipinski definition) is 3. The molecule has 0 radical (unpaired) electrons. The van der Waals surface area contributed by atoms with Crippen molar-refractivity contribution in [3.63, 3.8) is 0 Å². The van der Waals surface area contributed by atoms with Crippen molar-refractivity contribution in [3.05, 3.63) is 41.6 Å². The van der Waals surface area contributed by atoms with Crippen molar-refractivity contribution in [2.45, 2.75) is 13.5 Å². The Balaban J connectivity index is 2.10. The highest BCUT2D eigenvalue weighted by molar-refractivity contribution is 5.61. The van der Waals surface area contributed by atoms with Crippen molar-refractivity contribution < 1.29 is 0 Å². The first-order chi connectivity index (χ1) is 7.66. The molecule has 1 aromatic heterocycles. The van der Waals surface area contributed by atoms with Gasteiger partial charge in [0.2, 0.25) is 0 Å². The van der Waals surface area contributed by atoms with Gasteiger partial charge in [-0.2, -0.15) is 5.10 Å². The molecule has 4 heteroatoms. The molecular formula is C12H16N4. The number of aromatic amines is 1. The van der Waals surface area contributed by atoms with E-state index in [0.717, 1.165) is 12.2 Å². The topological polar surface area (TPSA) is 57.9 Å². The number of nitrogens with zero attached hydrogens (tertiary/aromatic N) is 2. The van der Waals surface area contributed by atoms with Crippen LogP contribution in [0.2, 0.25) is 0 Å². The van der Waals surface area contributed by atoms with E-state index in [9.17, 15) is 0 Å². The van der Waals surface area contributed by atoms with Gasteiger partial charge >= 0.3 is 0 Å². The number of benzene rings is 1. The van der Waals surface area contributed by atoms with Gasteiger partial charge < -0.3 is 10.6 Å². The van der Waals surface area contributed by atoms with Gasteiger partial charge in [0.1, 0.15) is 5.82 Å². The third-order valence-electron chi connectivity index (χ3n) is 2.60. The standard InChI is InChI=1S/C12H16N4/c1-9-3-5-10(6-4-9)8-16(2)11-7-14-15-12(11)13/h3-7H,8H2,1-2H3,(H3,13,14,15). The van der Waals surface area contributed by atoms with Gasteiger partial charge in [-0.1, -0.05) is 29.8 Å². The fourth-order valence-corrected chi connectivity index (χ4v) is 1.65. The van der Waals surface area contributed by atoms with E-state index in [0.29, 0.717) is 5.82 Å². The quantitative estimate of drug-likeness (QED) is 0.824. The Morgan fingerprint density at radius 2 is 2.00 bits per heavy atom. The predicted octanol–water partition coefficient (Wildman–Crippen LogP) is 1.94. The lowest BCUT2D eigenvalue weighted by Gasteiger charge is -2.17. The largest absolute Gasteiger partial charge is 0.382 e. The van der Waals surface area contributed by atoms with Crippen LogP contribution in [0.1, 0.15) is 11.1 Å². The van der Waals surface area contributed by atoms with Crippen LogP contribution in [-0.4, -0.2) is 17.2 Å². The van der Waals surface area contributed by atoms with Crippen LogP contribution >= 0.6 is 0 Å². The molecule has 0 saturated heterocycles. The van der Waals surface area contributed by atoms with Crippen molar-refractivity contribution in [2.75, 3.05) is 17.7 Å². The van der Waals surface area contributed by atoms with Crippen LogP contribution in [0, 0.1) is 6.92 Å². The highest BCUT2D eigenvalue weighted by Gasteiger charge is 2.07. The van der Waals surface area contributed by atoms with Gasteiger partial charge in [-0.25, -0.2) is 0 Å². The molecule has 0 bridgehead atoms. The molecule has 1 aromatic carbocycles. The van der Waals surface area contributed by atoms with Crippen LogP contribution in [0.25, 0.3) is 0 Å². The maximum atomic E-state index is 5.76. The molecule has 0 aliphatic heterocycles. The van der Waals surface area contributed by atoms with E-state index in [-0.39, 0.29) is 0 Å². The fourth-order valence-electron chi connectivity index (χ4n) is 1.65. The van der Waals surface area contributed by atoms with Gasteiger partial charge in [0.25, 0.3) is 0 Å². The van der Waals surface area contributed by atoms with E-state index in [1.807, 2.05) is 7.05 Å². The van der Waals surface area contributed by atoms with E-state index in [2.05, 4.69) is 46.3 Å². The lowest BCUT2D eigenvalue weighted by molar-refractivity contribution is 0.924. The zero-order chi connectivity index (χ0) is 11.5. The maximum absolute atomic E-state index is 5.76. The first kappa shape index (κ1) is 10.5. The van der Waals surface area contributed by atoms with Crippen LogP contribution in [0.15, 0.2) is 30.5 Å². The van der Waals surface area contributed by atoms with Crippen LogP contribution < -0.4 is 10.6 Å². The molecule has 0 atom stereocenters. The Morgan fingerprint density at radius 3 is 2.56 bits per heavy atom. The highest BCUT2D eigenvalue weighted by Crippen LogP contribution is 2.20. The summed E-state index contributed by atoms with van der Waals surface area (Å²) in [6.45, 7) is 2.91. The fraction of sp³-hybridized carbons (Fsp3) is 0.250. The minimum absolute atomic E-state index is 0.606. The Labute approximate surface area is 95.1 Å². The molecule has 0 fully saturated rings.